The summed E-state index contributed by atoms with van der Waals surface area (Å²) >= 11 is 0. The zero-order valence-electron chi connectivity index (χ0n) is 32.2. The SMILES string of the molecule is Cc1cc(-c2nn(CCCCNC(=O)CCOCCOCCNC(=O)CN(C)CC(=O)N3CCN(c4ncc(CN)cn4)CC3)c3ncnc(N)c23)ccc1O. The first-order chi connectivity index (χ1) is 27.1. The number of likely N-dealkylation sites (N-methyl/N-ethyl adjacent to an activating group) is 1. The molecule has 302 valence electrons. The molecule has 4 heterocycles. The van der Waals surface area contributed by atoms with Gasteiger partial charge in [-0.15, -0.1) is 0 Å². The molecular formula is C37H53N13O6. The van der Waals surface area contributed by atoms with E-state index in [1.165, 1.54) is 6.33 Å². The molecule has 1 aliphatic heterocycles. The number of nitrogens with zero attached hydrogens (tertiary/aromatic N) is 9. The van der Waals surface area contributed by atoms with Crippen LogP contribution >= 0.6 is 0 Å². The van der Waals surface area contributed by atoms with Crippen LogP contribution in [0.25, 0.3) is 22.3 Å². The van der Waals surface area contributed by atoms with Crippen molar-refractivity contribution >= 4 is 40.5 Å². The predicted molar refractivity (Wildman–Crippen MR) is 209 cm³/mol. The number of fused-ring (bicyclic) bond motifs is 1. The Labute approximate surface area is 325 Å². The van der Waals surface area contributed by atoms with Crippen molar-refractivity contribution in [3.05, 3.63) is 48.0 Å². The quantitative estimate of drug-likeness (QED) is 0.0703. The summed E-state index contributed by atoms with van der Waals surface area (Å²) in [6.07, 6.45) is 6.57. The first kappa shape index (κ1) is 41.7. The van der Waals surface area contributed by atoms with E-state index in [1.54, 1.807) is 46.1 Å². The number of nitrogen functional groups attached to an aromatic ring is 1. The zero-order valence-corrected chi connectivity index (χ0v) is 32.2. The van der Waals surface area contributed by atoms with E-state index in [4.69, 9.17) is 26.0 Å². The number of benzene rings is 1. The third-order valence-electron chi connectivity index (χ3n) is 9.22. The summed E-state index contributed by atoms with van der Waals surface area (Å²) in [6, 6.07) is 5.27. The van der Waals surface area contributed by atoms with Crippen LogP contribution in [0.4, 0.5) is 11.8 Å². The van der Waals surface area contributed by atoms with Gasteiger partial charge in [-0.05, 0) is 50.6 Å². The maximum Gasteiger partial charge on any atom is 0.236 e. The maximum absolute atomic E-state index is 12.8. The number of unbranched alkanes of at least 4 members (excludes halogenated alkanes) is 1. The van der Waals surface area contributed by atoms with E-state index >= 15 is 0 Å². The molecule has 3 aromatic heterocycles. The summed E-state index contributed by atoms with van der Waals surface area (Å²) in [5.74, 6) is 0.843. The average molecular weight is 776 g/mol. The van der Waals surface area contributed by atoms with Gasteiger partial charge >= 0.3 is 0 Å². The van der Waals surface area contributed by atoms with Gasteiger partial charge in [0.2, 0.25) is 23.7 Å². The molecule has 0 spiro atoms. The Kier molecular flexibility index (Phi) is 15.6. The van der Waals surface area contributed by atoms with Crippen molar-refractivity contribution in [3.8, 4) is 17.0 Å². The number of anilines is 2. The van der Waals surface area contributed by atoms with Crippen molar-refractivity contribution in [3.63, 3.8) is 0 Å². The van der Waals surface area contributed by atoms with Crippen LogP contribution in [0.3, 0.4) is 0 Å². The molecule has 19 nitrogen and oxygen atoms in total. The number of phenolic OH excluding ortho intramolecular Hbond substituents is 1. The monoisotopic (exact) mass is 775 g/mol. The highest BCUT2D eigenvalue weighted by Gasteiger charge is 2.24. The van der Waals surface area contributed by atoms with Crippen LogP contribution in [0, 0.1) is 6.92 Å². The average Bonchev–Trinajstić information content (AvgIpc) is 3.57. The van der Waals surface area contributed by atoms with Crippen molar-refractivity contribution in [2.75, 3.05) is 96.5 Å². The lowest BCUT2D eigenvalue weighted by atomic mass is 10.1. The maximum atomic E-state index is 12.8. The predicted octanol–water partition coefficient (Wildman–Crippen LogP) is 0.0547. The van der Waals surface area contributed by atoms with Crippen molar-refractivity contribution in [2.24, 2.45) is 5.73 Å². The van der Waals surface area contributed by atoms with Crippen LogP contribution in [-0.2, 0) is 36.9 Å². The van der Waals surface area contributed by atoms with Crippen molar-refractivity contribution < 1.29 is 29.0 Å². The van der Waals surface area contributed by atoms with Crippen LogP contribution in [0.5, 0.6) is 5.75 Å². The highest BCUT2D eigenvalue weighted by Crippen LogP contribution is 2.32. The Balaban J connectivity index is 0.855. The molecule has 0 radical (unpaired) electrons. The third-order valence-corrected chi connectivity index (χ3v) is 9.22. The van der Waals surface area contributed by atoms with E-state index in [1.807, 2.05) is 17.9 Å². The van der Waals surface area contributed by atoms with Crippen LogP contribution in [0.2, 0.25) is 0 Å². The molecule has 7 N–H and O–H groups in total. The molecule has 19 heteroatoms. The Morgan fingerprint density at radius 2 is 1.64 bits per heavy atom. The van der Waals surface area contributed by atoms with Crippen LogP contribution in [0.15, 0.2) is 36.9 Å². The van der Waals surface area contributed by atoms with Crippen molar-refractivity contribution in [1.82, 2.24) is 50.1 Å². The minimum absolute atomic E-state index is 0.0316. The minimum Gasteiger partial charge on any atom is -0.508 e. The Bertz CT molecular complexity index is 1900. The zero-order chi connectivity index (χ0) is 39.9. The van der Waals surface area contributed by atoms with Gasteiger partial charge in [-0.3, -0.25) is 19.3 Å². The second-order valence-electron chi connectivity index (χ2n) is 13.5. The number of aromatic nitrogens is 6. The Morgan fingerprint density at radius 3 is 2.38 bits per heavy atom. The number of nitrogens with two attached hydrogens (primary N) is 2. The number of carbonyl (C=O) groups is 3. The number of amides is 3. The van der Waals surface area contributed by atoms with Crippen molar-refractivity contribution in [1.29, 1.82) is 0 Å². The fourth-order valence-electron chi connectivity index (χ4n) is 6.10. The summed E-state index contributed by atoms with van der Waals surface area (Å²) in [4.78, 5) is 60.2. The standard InChI is InChI=1S/C37H53N13O6/c1-26-19-28(5-6-29(26)51)34-33-35(39)44-25-45-36(33)50(46-34)10-4-3-8-40-30(52)7-15-55-17-18-56-16-9-41-31(53)23-47(2)24-32(54)48-11-13-49(14-12-48)37-42-21-27(20-38)22-43-37/h5-6,19,21-22,25,51H,3-4,7-18,20,23-24,38H2,1-2H3,(H,40,52)(H,41,53)(H2,39,44,45). The molecule has 0 unspecified atom stereocenters. The van der Waals surface area contributed by atoms with Gasteiger partial charge < -0.3 is 46.5 Å². The molecule has 1 fully saturated rings. The summed E-state index contributed by atoms with van der Waals surface area (Å²) in [5, 5.41) is 21.1. The highest BCUT2D eigenvalue weighted by molar-refractivity contribution is 5.98. The van der Waals surface area contributed by atoms with Gasteiger partial charge in [-0.2, -0.15) is 5.10 Å². The molecule has 1 aliphatic rings. The summed E-state index contributed by atoms with van der Waals surface area (Å²) in [7, 11) is 1.74. The molecule has 4 aromatic rings. The normalized spacial score (nSPS) is 13.1. The lowest BCUT2D eigenvalue weighted by Gasteiger charge is -2.35. The van der Waals surface area contributed by atoms with Gasteiger partial charge in [0.15, 0.2) is 5.65 Å². The second kappa shape index (κ2) is 21.0. The van der Waals surface area contributed by atoms with Gasteiger partial charge in [-0.25, -0.2) is 24.6 Å². The van der Waals surface area contributed by atoms with Crippen LogP contribution in [-0.4, -0.2) is 148 Å². The van der Waals surface area contributed by atoms with E-state index in [0.717, 1.165) is 29.5 Å². The first-order valence-electron chi connectivity index (χ1n) is 18.8. The molecule has 0 saturated carbocycles. The first-order valence-corrected chi connectivity index (χ1v) is 18.8. The Hall–Kier alpha value is -5.50. The van der Waals surface area contributed by atoms with Gasteiger partial charge in [0.1, 0.15) is 23.6 Å². The second-order valence-corrected chi connectivity index (χ2v) is 13.5. The molecule has 1 aromatic carbocycles. The highest BCUT2D eigenvalue weighted by atomic mass is 16.5. The lowest BCUT2D eigenvalue weighted by molar-refractivity contribution is -0.133. The smallest absolute Gasteiger partial charge is 0.236 e. The van der Waals surface area contributed by atoms with E-state index in [0.29, 0.717) is 101 Å². The minimum atomic E-state index is -0.196. The van der Waals surface area contributed by atoms with Gasteiger partial charge in [0.25, 0.3) is 0 Å². The molecule has 0 atom stereocenters. The van der Waals surface area contributed by atoms with E-state index in [-0.39, 0.29) is 49.6 Å². The summed E-state index contributed by atoms with van der Waals surface area (Å²) in [5.41, 5.74) is 15.5. The number of rotatable bonds is 21. The number of hydrogen-bond acceptors (Lipinski definition) is 15. The third kappa shape index (κ3) is 12.0. The number of piperazine rings is 1. The molecule has 56 heavy (non-hydrogen) atoms. The molecular weight excluding hydrogens is 722 g/mol. The molecule has 5 rings (SSSR count). The number of carbonyl (C=O) groups excluding carboxylic acids is 3. The summed E-state index contributed by atoms with van der Waals surface area (Å²) in [6.45, 7) is 7.47. The number of nitrogens with one attached hydrogen (secondary N) is 2. The van der Waals surface area contributed by atoms with Gasteiger partial charge in [0, 0.05) is 82.3 Å². The summed E-state index contributed by atoms with van der Waals surface area (Å²) < 4.78 is 12.8. The van der Waals surface area contributed by atoms with Gasteiger partial charge in [0.05, 0.1) is 44.9 Å². The topological polar surface area (TPSA) is 245 Å². The lowest BCUT2D eigenvalue weighted by Crippen LogP contribution is -2.52. The number of aryl methyl sites for hydroxylation is 2. The van der Waals surface area contributed by atoms with E-state index < -0.39 is 0 Å². The fraction of sp³-hybridized carbons (Fsp3) is 0.514. The number of aromatic hydroxyl groups is 1. The fourth-order valence-corrected chi connectivity index (χ4v) is 6.10. The van der Waals surface area contributed by atoms with Crippen molar-refractivity contribution in [2.45, 2.75) is 39.3 Å². The molecule has 0 bridgehead atoms. The largest absolute Gasteiger partial charge is 0.508 e. The number of ether oxygens (including phenoxy) is 2. The van der Waals surface area contributed by atoms with E-state index in [2.05, 4.69) is 30.6 Å². The number of hydrogen-bond donors (Lipinski definition) is 5. The van der Waals surface area contributed by atoms with Crippen LogP contribution < -0.4 is 27.0 Å². The molecule has 3 amide bonds. The molecule has 0 aliphatic carbocycles. The van der Waals surface area contributed by atoms with Gasteiger partial charge in [-0.1, -0.05) is 0 Å². The molecule has 1 saturated heterocycles. The Morgan fingerprint density at radius 1 is 0.911 bits per heavy atom. The van der Waals surface area contributed by atoms with Crippen LogP contribution in [0.1, 0.15) is 30.4 Å². The van der Waals surface area contributed by atoms with E-state index in [9.17, 15) is 19.5 Å². The number of phenols is 1.